The fraction of sp³-hybridized carbons (Fsp3) is 0.400. The third-order valence-corrected chi connectivity index (χ3v) is 6.74. The van der Waals surface area contributed by atoms with Crippen LogP contribution in [0.25, 0.3) is 0 Å². The van der Waals surface area contributed by atoms with E-state index in [1.54, 1.807) is 19.2 Å². The van der Waals surface area contributed by atoms with Crippen LogP contribution in [0.2, 0.25) is 0 Å². The maximum Gasteiger partial charge on any atom is 0.219 e. The van der Waals surface area contributed by atoms with Crippen molar-refractivity contribution in [1.82, 2.24) is 9.79 Å². The number of methoxy groups -OCH3 is 3. The molecule has 2 unspecified atom stereocenters. The number of hydroxylamine groups is 2. The van der Waals surface area contributed by atoms with Gasteiger partial charge in [0, 0.05) is 13.6 Å². The van der Waals surface area contributed by atoms with Crippen molar-refractivity contribution in [3.63, 3.8) is 0 Å². The van der Waals surface area contributed by atoms with Crippen LogP contribution in [0, 0.1) is 5.82 Å². The normalized spacial score (nSPS) is 19.6. The number of sulfonamides is 1. The molecular weight excluding hydrogens is 415 g/mol. The standard InChI is InChI=1S/C20H25FN2O6S/c1-23-19(14-9-16(26-2)20(28-4)17(10-14)27-3)18(12-29-23)30(24,25)22-11-13-5-7-15(21)8-6-13/h5-10,18-19,22H,11-12H2,1-4H3. The minimum atomic E-state index is -3.78. The van der Waals surface area contributed by atoms with Crippen molar-refractivity contribution in [2.45, 2.75) is 17.8 Å². The minimum absolute atomic E-state index is 0.0173. The molecule has 0 radical (unpaired) electrons. The summed E-state index contributed by atoms with van der Waals surface area (Å²) in [4.78, 5) is 5.54. The second-order valence-corrected chi connectivity index (χ2v) is 8.76. The van der Waals surface area contributed by atoms with E-state index < -0.39 is 21.3 Å². The molecule has 0 aliphatic carbocycles. The first-order chi connectivity index (χ1) is 14.3. The van der Waals surface area contributed by atoms with Gasteiger partial charge in [-0.25, -0.2) is 17.5 Å². The number of hydrogen-bond acceptors (Lipinski definition) is 7. The van der Waals surface area contributed by atoms with Gasteiger partial charge < -0.3 is 14.2 Å². The highest BCUT2D eigenvalue weighted by molar-refractivity contribution is 7.90. The molecule has 0 amide bonds. The van der Waals surface area contributed by atoms with Crippen LogP contribution in [-0.4, -0.2) is 53.7 Å². The summed E-state index contributed by atoms with van der Waals surface area (Å²) in [5, 5.41) is 0.619. The van der Waals surface area contributed by atoms with E-state index in [4.69, 9.17) is 19.0 Å². The zero-order chi connectivity index (χ0) is 21.9. The number of hydrogen-bond donors (Lipinski definition) is 1. The molecule has 0 aromatic heterocycles. The van der Waals surface area contributed by atoms with Crippen LogP contribution < -0.4 is 18.9 Å². The fourth-order valence-electron chi connectivity index (χ4n) is 3.45. The summed E-state index contributed by atoms with van der Waals surface area (Å²) in [5.74, 6) is 0.874. The molecule has 1 aliphatic rings. The highest BCUT2D eigenvalue weighted by Gasteiger charge is 2.43. The van der Waals surface area contributed by atoms with Gasteiger partial charge in [0.1, 0.15) is 11.1 Å². The Labute approximate surface area is 175 Å². The van der Waals surface area contributed by atoms with Gasteiger partial charge in [0.2, 0.25) is 15.8 Å². The van der Waals surface area contributed by atoms with Crippen molar-refractivity contribution >= 4 is 10.0 Å². The van der Waals surface area contributed by atoms with E-state index in [-0.39, 0.29) is 19.0 Å². The summed E-state index contributed by atoms with van der Waals surface area (Å²) in [6.07, 6.45) is 0. The first-order valence-corrected chi connectivity index (χ1v) is 10.7. The second kappa shape index (κ2) is 9.17. The Morgan fingerprint density at radius 1 is 1.10 bits per heavy atom. The fourth-order valence-corrected chi connectivity index (χ4v) is 4.94. The molecule has 8 nitrogen and oxygen atoms in total. The highest BCUT2D eigenvalue weighted by atomic mass is 32.2. The summed E-state index contributed by atoms with van der Waals surface area (Å²) in [7, 11) is 2.38. The summed E-state index contributed by atoms with van der Waals surface area (Å²) < 4.78 is 57.9. The van der Waals surface area contributed by atoms with Gasteiger partial charge in [-0.2, -0.15) is 5.06 Å². The quantitative estimate of drug-likeness (QED) is 0.674. The SMILES string of the molecule is COc1cc(C2C(S(=O)(=O)NCc3ccc(F)cc3)CON2C)cc(OC)c1OC. The monoisotopic (exact) mass is 440 g/mol. The maximum absolute atomic E-state index is 13.1. The van der Waals surface area contributed by atoms with E-state index in [1.807, 2.05) is 0 Å². The van der Waals surface area contributed by atoms with Crippen molar-refractivity contribution in [3.8, 4) is 17.2 Å². The number of benzene rings is 2. The predicted molar refractivity (Wildman–Crippen MR) is 109 cm³/mol. The topological polar surface area (TPSA) is 86.3 Å². The molecule has 30 heavy (non-hydrogen) atoms. The van der Waals surface area contributed by atoms with E-state index >= 15 is 0 Å². The van der Waals surface area contributed by atoms with Gasteiger partial charge in [-0.15, -0.1) is 0 Å². The summed E-state index contributed by atoms with van der Waals surface area (Å²) >= 11 is 0. The molecule has 1 N–H and O–H groups in total. The average Bonchev–Trinajstić information content (AvgIpc) is 3.14. The van der Waals surface area contributed by atoms with Crippen LogP contribution in [-0.2, 0) is 21.4 Å². The van der Waals surface area contributed by atoms with Crippen molar-refractivity contribution < 1.29 is 31.9 Å². The third-order valence-electron chi connectivity index (χ3n) is 5.00. The number of nitrogens with one attached hydrogen (secondary N) is 1. The lowest BCUT2D eigenvalue weighted by atomic mass is 10.0. The Bertz CT molecular complexity index is 958. The van der Waals surface area contributed by atoms with Gasteiger partial charge in [-0.05, 0) is 35.4 Å². The average molecular weight is 440 g/mol. The molecule has 10 heteroatoms. The predicted octanol–water partition coefficient (Wildman–Crippen LogP) is 2.26. The zero-order valence-corrected chi connectivity index (χ0v) is 18.0. The van der Waals surface area contributed by atoms with E-state index in [1.165, 1.54) is 50.7 Å². The van der Waals surface area contributed by atoms with Crippen molar-refractivity contribution in [3.05, 3.63) is 53.3 Å². The Morgan fingerprint density at radius 3 is 2.23 bits per heavy atom. The van der Waals surface area contributed by atoms with Gasteiger partial charge >= 0.3 is 0 Å². The van der Waals surface area contributed by atoms with Crippen molar-refractivity contribution in [2.24, 2.45) is 0 Å². The van der Waals surface area contributed by atoms with Gasteiger partial charge in [-0.3, -0.25) is 4.84 Å². The Kier molecular flexibility index (Phi) is 6.81. The first kappa shape index (κ1) is 22.3. The van der Waals surface area contributed by atoms with Crippen LogP contribution in [0.1, 0.15) is 17.2 Å². The van der Waals surface area contributed by atoms with Crippen molar-refractivity contribution in [2.75, 3.05) is 35.0 Å². The van der Waals surface area contributed by atoms with Crippen LogP contribution in [0.3, 0.4) is 0 Å². The smallest absolute Gasteiger partial charge is 0.219 e. The molecule has 0 spiro atoms. The Morgan fingerprint density at radius 2 is 1.70 bits per heavy atom. The minimum Gasteiger partial charge on any atom is -0.493 e. The zero-order valence-electron chi connectivity index (χ0n) is 17.2. The lowest BCUT2D eigenvalue weighted by Crippen LogP contribution is -2.39. The van der Waals surface area contributed by atoms with Gasteiger partial charge in [0.25, 0.3) is 0 Å². The molecule has 164 valence electrons. The van der Waals surface area contributed by atoms with E-state index in [0.29, 0.717) is 28.4 Å². The molecule has 1 aliphatic heterocycles. The summed E-state index contributed by atoms with van der Waals surface area (Å²) in [6.45, 7) is 0.0291. The Hall–Kier alpha value is -2.40. The number of halogens is 1. The van der Waals surface area contributed by atoms with Crippen LogP contribution in [0.15, 0.2) is 36.4 Å². The van der Waals surface area contributed by atoms with Crippen LogP contribution in [0.4, 0.5) is 4.39 Å². The van der Waals surface area contributed by atoms with E-state index in [9.17, 15) is 12.8 Å². The summed E-state index contributed by atoms with van der Waals surface area (Å²) in [6, 6.07) is 8.45. The molecule has 0 bridgehead atoms. The molecule has 1 heterocycles. The van der Waals surface area contributed by atoms with E-state index in [0.717, 1.165) is 0 Å². The molecule has 1 fully saturated rings. The lowest BCUT2D eigenvalue weighted by molar-refractivity contribution is -0.110. The second-order valence-electron chi connectivity index (χ2n) is 6.78. The number of nitrogens with zero attached hydrogens (tertiary/aromatic N) is 1. The van der Waals surface area contributed by atoms with E-state index in [2.05, 4.69) is 4.72 Å². The number of ether oxygens (including phenoxy) is 3. The van der Waals surface area contributed by atoms with Crippen LogP contribution in [0.5, 0.6) is 17.2 Å². The van der Waals surface area contributed by atoms with Crippen LogP contribution >= 0.6 is 0 Å². The Balaban J connectivity index is 1.89. The molecule has 3 rings (SSSR count). The lowest BCUT2D eigenvalue weighted by Gasteiger charge is -2.24. The number of rotatable bonds is 8. The molecule has 2 aromatic rings. The molecule has 0 saturated carbocycles. The molecule has 2 atom stereocenters. The highest BCUT2D eigenvalue weighted by Crippen LogP contribution is 2.43. The summed E-state index contributed by atoms with van der Waals surface area (Å²) in [5.41, 5.74) is 1.29. The first-order valence-electron chi connectivity index (χ1n) is 9.19. The molecule has 1 saturated heterocycles. The van der Waals surface area contributed by atoms with Gasteiger partial charge in [-0.1, -0.05) is 12.1 Å². The van der Waals surface area contributed by atoms with Gasteiger partial charge in [0.05, 0.1) is 34.0 Å². The molecular formula is C20H25FN2O6S. The molecule has 2 aromatic carbocycles. The maximum atomic E-state index is 13.1. The third kappa shape index (κ3) is 4.51. The van der Waals surface area contributed by atoms with Crippen molar-refractivity contribution in [1.29, 1.82) is 0 Å². The largest absolute Gasteiger partial charge is 0.493 e. The van der Waals surface area contributed by atoms with Gasteiger partial charge in [0.15, 0.2) is 11.5 Å².